The van der Waals surface area contributed by atoms with Gasteiger partial charge < -0.3 is 24.1 Å². The van der Waals surface area contributed by atoms with E-state index in [0.29, 0.717) is 19.3 Å². The highest BCUT2D eigenvalue weighted by Gasteiger charge is 2.41. The lowest BCUT2D eigenvalue weighted by Gasteiger charge is -2.33. The van der Waals surface area contributed by atoms with E-state index in [-0.39, 0.29) is 19.3 Å². The number of esters is 3. The Hall–Kier alpha value is -1.67. The molecule has 1 N–H and O–H groups in total. The second-order valence-corrected chi connectivity index (χ2v) is 7.05. The first-order valence-electron chi connectivity index (χ1n) is 10.6. The normalized spacial score (nSPS) is 15.1. The van der Waals surface area contributed by atoms with Crippen molar-refractivity contribution in [3.63, 3.8) is 0 Å². The van der Waals surface area contributed by atoms with E-state index in [1.807, 2.05) is 20.8 Å². The maximum atomic E-state index is 12.2. The Labute approximate surface area is 174 Å². The van der Waals surface area contributed by atoms with Gasteiger partial charge in [-0.1, -0.05) is 40.0 Å². The monoisotopic (exact) mass is 418 g/mol. The largest absolute Gasteiger partial charge is 0.455 e. The molecule has 0 aromatic carbocycles. The Kier molecular flexibility index (Phi) is 15.2. The molecule has 0 saturated carbocycles. The molecule has 4 atom stereocenters. The molecular weight excluding hydrogens is 380 g/mol. The minimum absolute atomic E-state index is 0.156. The van der Waals surface area contributed by atoms with Gasteiger partial charge in [-0.3, -0.25) is 14.4 Å². The lowest BCUT2D eigenvalue weighted by atomic mass is 10.1. The molecule has 0 saturated heterocycles. The summed E-state index contributed by atoms with van der Waals surface area (Å²) in [5, 5.41) is 10.2. The second kappa shape index (κ2) is 16.2. The molecule has 0 rings (SSSR count). The number of unbranched alkanes of at least 4 members (excludes halogenated alkanes) is 3. The summed E-state index contributed by atoms with van der Waals surface area (Å²) in [6.07, 6.45) is -0.160. The van der Waals surface area contributed by atoms with Crippen LogP contribution in [-0.4, -0.2) is 54.7 Å². The molecule has 0 fully saturated rings. The summed E-state index contributed by atoms with van der Waals surface area (Å²) in [7, 11) is 1.29. The van der Waals surface area contributed by atoms with E-state index >= 15 is 0 Å². The van der Waals surface area contributed by atoms with Crippen molar-refractivity contribution >= 4 is 17.9 Å². The van der Waals surface area contributed by atoms with Crippen LogP contribution in [0.25, 0.3) is 0 Å². The van der Waals surface area contributed by atoms with Gasteiger partial charge in [0.2, 0.25) is 12.4 Å². The summed E-state index contributed by atoms with van der Waals surface area (Å²) < 4.78 is 21.4. The zero-order valence-electron chi connectivity index (χ0n) is 18.5. The molecule has 29 heavy (non-hydrogen) atoms. The smallest absolute Gasteiger partial charge is 0.308 e. The highest BCUT2D eigenvalue weighted by atomic mass is 16.7. The van der Waals surface area contributed by atoms with Crippen molar-refractivity contribution in [1.82, 2.24) is 0 Å². The van der Waals surface area contributed by atoms with Gasteiger partial charge in [0, 0.05) is 26.4 Å². The van der Waals surface area contributed by atoms with Crippen molar-refractivity contribution in [2.45, 2.75) is 110 Å². The minimum atomic E-state index is -1.30. The van der Waals surface area contributed by atoms with Crippen LogP contribution in [0, 0.1) is 0 Å². The Bertz CT molecular complexity index is 477. The average molecular weight is 419 g/mol. The van der Waals surface area contributed by atoms with Crippen molar-refractivity contribution in [1.29, 1.82) is 0 Å². The fourth-order valence-electron chi connectivity index (χ4n) is 2.54. The van der Waals surface area contributed by atoms with Gasteiger partial charge in [-0.25, -0.2) is 0 Å². The molecule has 0 aliphatic carbocycles. The summed E-state index contributed by atoms with van der Waals surface area (Å²) in [6.45, 7) is 7.23. The summed E-state index contributed by atoms with van der Waals surface area (Å²) in [4.78, 5) is 36.4. The maximum absolute atomic E-state index is 12.2. The number of rotatable bonds is 16. The Balaban J connectivity index is 5.48. The lowest BCUT2D eigenvalue weighted by molar-refractivity contribution is -0.232. The van der Waals surface area contributed by atoms with E-state index in [2.05, 4.69) is 0 Å². The van der Waals surface area contributed by atoms with E-state index in [1.165, 1.54) is 14.0 Å². The predicted molar refractivity (Wildman–Crippen MR) is 107 cm³/mol. The number of carbonyl (C=O) groups excluding carboxylic acids is 3. The highest BCUT2D eigenvalue weighted by Crippen LogP contribution is 2.20. The number of methoxy groups -OCH3 is 1. The van der Waals surface area contributed by atoms with Crippen LogP contribution in [0.5, 0.6) is 0 Å². The van der Waals surface area contributed by atoms with Crippen molar-refractivity contribution < 1.29 is 38.4 Å². The van der Waals surface area contributed by atoms with E-state index in [1.54, 1.807) is 0 Å². The number of aliphatic hydroxyl groups excluding tert-OH is 1. The number of carbonyl (C=O) groups is 3. The molecule has 0 aromatic heterocycles. The lowest BCUT2D eigenvalue weighted by Crippen LogP contribution is -2.50. The van der Waals surface area contributed by atoms with Crippen LogP contribution in [-0.2, 0) is 33.3 Å². The first kappa shape index (κ1) is 27.3. The third-order valence-corrected chi connectivity index (χ3v) is 4.29. The Morgan fingerprint density at radius 3 is 1.45 bits per heavy atom. The minimum Gasteiger partial charge on any atom is -0.455 e. The van der Waals surface area contributed by atoms with Crippen LogP contribution in [0.15, 0.2) is 0 Å². The maximum Gasteiger partial charge on any atom is 0.308 e. The third-order valence-electron chi connectivity index (χ3n) is 4.29. The first-order chi connectivity index (χ1) is 13.8. The van der Waals surface area contributed by atoms with Gasteiger partial charge >= 0.3 is 17.9 Å². The molecule has 0 aliphatic heterocycles. The molecule has 1 unspecified atom stereocenters. The van der Waals surface area contributed by atoms with E-state index in [4.69, 9.17) is 18.9 Å². The van der Waals surface area contributed by atoms with E-state index < -0.39 is 42.5 Å². The second-order valence-electron chi connectivity index (χ2n) is 7.05. The topological polar surface area (TPSA) is 108 Å². The van der Waals surface area contributed by atoms with Gasteiger partial charge in [0.15, 0.2) is 6.10 Å². The molecule has 0 radical (unpaired) electrons. The van der Waals surface area contributed by atoms with Crippen molar-refractivity contribution in [3.05, 3.63) is 0 Å². The zero-order valence-corrected chi connectivity index (χ0v) is 18.5. The van der Waals surface area contributed by atoms with Gasteiger partial charge in [0.05, 0.1) is 6.10 Å². The van der Waals surface area contributed by atoms with Crippen LogP contribution in [0.3, 0.4) is 0 Å². The molecule has 0 heterocycles. The molecular formula is C21H38O8. The van der Waals surface area contributed by atoms with Crippen LogP contribution in [0.1, 0.15) is 85.5 Å². The summed E-state index contributed by atoms with van der Waals surface area (Å²) >= 11 is 0. The fourth-order valence-corrected chi connectivity index (χ4v) is 2.54. The van der Waals surface area contributed by atoms with Crippen molar-refractivity contribution in [2.24, 2.45) is 0 Å². The number of hydrogen-bond donors (Lipinski definition) is 1. The van der Waals surface area contributed by atoms with E-state index in [0.717, 1.165) is 19.3 Å². The average Bonchev–Trinajstić information content (AvgIpc) is 2.69. The van der Waals surface area contributed by atoms with Crippen LogP contribution < -0.4 is 0 Å². The van der Waals surface area contributed by atoms with Gasteiger partial charge in [-0.05, 0) is 26.2 Å². The van der Waals surface area contributed by atoms with Crippen LogP contribution >= 0.6 is 0 Å². The first-order valence-corrected chi connectivity index (χ1v) is 10.6. The molecule has 8 nitrogen and oxygen atoms in total. The Morgan fingerprint density at radius 2 is 1.10 bits per heavy atom. The summed E-state index contributed by atoms with van der Waals surface area (Å²) in [6, 6.07) is 0. The fraction of sp³-hybridized carbons (Fsp3) is 0.857. The van der Waals surface area contributed by atoms with E-state index in [9.17, 15) is 19.5 Å². The zero-order chi connectivity index (χ0) is 22.2. The number of hydrogen-bond acceptors (Lipinski definition) is 8. The third kappa shape index (κ3) is 11.8. The number of aliphatic hydroxyl groups is 1. The van der Waals surface area contributed by atoms with Crippen molar-refractivity contribution in [2.75, 3.05) is 7.11 Å². The van der Waals surface area contributed by atoms with Crippen LogP contribution in [0.2, 0.25) is 0 Å². The molecule has 0 spiro atoms. The summed E-state index contributed by atoms with van der Waals surface area (Å²) in [5.41, 5.74) is 0. The SMILES string of the molecule is CCCCC(=O)OC(OC)[C@@H](OC(=O)CCCC)[C@H](OC(=O)CCCC)[C@@H](C)O. The van der Waals surface area contributed by atoms with Gasteiger partial charge in [-0.2, -0.15) is 0 Å². The summed E-state index contributed by atoms with van der Waals surface area (Å²) in [5.74, 6) is -1.59. The van der Waals surface area contributed by atoms with Crippen LogP contribution in [0.4, 0.5) is 0 Å². The van der Waals surface area contributed by atoms with Gasteiger partial charge in [-0.15, -0.1) is 0 Å². The van der Waals surface area contributed by atoms with Gasteiger partial charge in [0.1, 0.15) is 0 Å². The molecule has 0 aliphatic rings. The Morgan fingerprint density at radius 1 is 0.724 bits per heavy atom. The quantitative estimate of drug-likeness (QED) is 0.231. The molecule has 0 aromatic rings. The standard InChI is InChI=1S/C21H38O8/c1-6-9-12-16(23)27-19(15(4)22)20(28-17(24)13-10-7-2)21(26-5)29-18(25)14-11-8-3/h15,19-22H,6-14H2,1-5H3/t15-,19-,20+,21?/m1/s1. The van der Waals surface area contributed by atoms with Crippen molar-refractivity contribution in [3.8, 4) is 0 Å². The molecule has 8 heteroatoms. The predicted octanol–water partition coefficient (Wildman–Crippen LogP) is 3.28. The highest BCUT2D eigenvalue weighted by molar-refractivity contribution is 5.71. The number of ether oxygens (including phenoxy) is 4. The molecule has 170 valence electrons. The van der Waals surface area contributed by atoms with Gasteiger partial charge in [0.25, 0.3) is 0 Å². The molecule has 0 bridgehead atoms. The molecule has 0 amide bonds.